The largest absolute Gasteiger partial charge is 0.462 e. The predicted octanol–water partition coefficient (Wildman–Crippen LogP) is 2.67. The summed E-state index contributed by atoms with van der Waals surface area (Å²) in [6.07, 6.45) is 1.77. The Labute approximate surface area is 124 Å². The molecule has 21 heavy (non-hydrogen) atoms. The van der Waals surface area contributed by atoms with Crippen molar-refractivity contribution in [3.05, 3.63) is 62.3 Å². The van der Waals surface area contributed by atoms with E-state index in [1.54, 1.807) is 10.5 Å². The summed E-state index contributed by atoms with van der Waals surface area (Å²) in [6.45, 7) is 3.90. The topological polar surface area (TPSA) is 47.5 Å². The van der Waals surface area contributed by atoms with Crippen molar-refractivity contribution in [3.8, 4) is 0 Å². The lowest BCUT2D eigenvalue weighted by Crippen LogP contribution is -2.22. The van der Waals surface area contributed by atoms with Crippen molar-refractivity contribution in [1.82, 2.24) is 9.38 Å². The van der Waals surface area contributed by atoms with Crippen molar-refractivity contribution in [2.24, 2.45) is 0 Å². The van der Waals surface area contributed by atoms with E-state index < -0.39 is 0 Å². The van der Waals surface area contributed by atoms with Gasteiger partial charge in [-0.2, -0.15) is 0 Å². The Bertz CT molecular complexity index is 1090. The molecule has 3 aromatic heterocycles. The van der Waals surface area contributed by atoms with Crippen LogP contribution in [0.25, 0.3) is 22.1 Å². The fraction of sp³-hybridized carbons (Fsp3) is 0.125. The quantitative estimate of drug-likeness (QED) is 0.542. The van der Waals surface area contributed by atoms with E-state index in [1.165, 1.54) is 11.3 Å². The Morgan fingerprint density at radius 3 is 2.86 bits per heavy atom. The lowest BCUT2D eigenvalue weighted by Gasteiger charge is -1.91. The van der Waals surface area contributed by atoms with Crippen LogP contribution < -0.4 is 10.1 Å². The molecule has 0 aliphatic rings. The first-order chi connectivity index (χ1) is 10.1. The van der Waals surface area contributed by atoms with Gasteiger partial charge in [-0.1, -0.05) is 17.4 Å². The lowest BCUT2D eigenvalue weighted by molar-refractivity contribution is 0.525. The van der Waals surface area contributed by atoms with E-state index in [0.29, 0.717) is 10.3 Å². The number of nitrogens with zero attached hydrogens (tertiary/aromatic N) is 2. The number of aryl methyl sites for hydroxylation is 2. The molecule has 0 amide bonds. The minimum absolute atomic E-state index is 0.0459. The maximum Gasteiger partial charge on any atom is 0.275 e. The molecule has 4 nitrogen and oxygen atoms in total. The molecule has 0 spiro atoms. The Morgan fingerprint density at radius 2 is 2.10 bits per heavy atom. The maximum absolute atomic E-state index is 12.6. The van der Waals surface area contributed by atoms with E-state index in [4.69, 9.17) is 4.42 Å². The zero-order chi connectivity index (χ0) is 14.6. The average Bonchev–Trinajstić information content (AvgIpc) is 3.07. The molecule has 4 aromatic rings. The Hall–Kier alpha value is -2.40. The summed E-state index contributed by atoms with van der Waals surface area (Å²) in [4.78, 5) is 17.8. The van der Waals surface area contributed by atoms with Gasteiger partial charge in [0.1, 0.15) is 16.1 Å². The summed E-state index contributed by atoms with van der Waals surface area (Å²) >= 11 is 1.38. The molecule has 0 fully saturated rings. The van der Waals surface area contributed by atoms with E-state index in [2.05, 4.69) is 4.98 Å². The highest BCUT2D eigenvalue weighted by Gasteiger charge is 2.11. The molecule has 5 heteroatoms. The predicted molar refractivity (Wildman–Crippen MR) is 83.8 cm³/mol. The number of thiazole rings is 1. The zero-order valence-electron chi connectivity index (χ0n) is 11.6. The number of hydrogen-bond acceptors (Lipinski definition) is 4. The normalized spacial score (nSPS) is 12.8. The summed E-state index contributed by atoms with van der Waals surface area (Å²) in [5, 5.41) is 0. The third kappa shape index (κ3) is 1.89. The number of fused-ring (bicyclic) bond motifs is 3. The highest BCUT2D eigenvalue weighted by molar-refractivity contribution is 7.15. The van der Waals surface area contributed by atoms with Crippen LogP contribution in [0.3, 0.4) is 0 Å². The summed E-state index contributed by atoms with van der Waals surface area (Å²) in [7, 11) is 0. The molecule has 1 aromatic carbocycles. The highest BCUT2D eigenvalue weighted by atomic mass is 32.1. The van der Waals surface area contributed by atoms with Gasteiger partial charge in [0, 0.05) is 6.08 Å². The molecule has 0 atom stereocenters. The molecule has 0 radical (unpaired) electrons. The van der Waals surface area contributed by atoms with Crippen LogP contribution in [0.1, 0.15) is 17.1 Å². The Balaban J connectivity index is 2.03. The summed E-state index contributed by atoms with van der Waals surface area (Å²) < 4.78 is 7.80. The van der Waals surface area contributed by atoms with Gasteiger partial charge in [-0.15, -0.1) is 0 Å². The average molecular weight is 296 g/mol. The molecular formula is C16H12N2O2S. The SMILES string of the molecule is Cc1ccc2c(c1)nc1sc(=Cc3ccc(C)o3)c(=O)n12. The second kappa shape index (κ2) is 4.30. The first-order valence-electron chi connectivity index (χ1n) is 6.61. The van der Waals surface area contributed by atoms with Gasteiger partial charge >= 0.3 is 0 Å². The fourth-order valence-electron chi connectivity index (χ4n) is 2.44. The van der Waals surface area contributed by atoms with Crippen LogP contribution >= 0.6 is 11.3 Å². The third-order valence-electron chi connectivity index (χ3n) is 3.43. The molecule has 0 unspecified atom stereocenters. The van der Waals surface area contributed by atoms with Crippen molar-refractivity contribution < 1.29 is 4.42 Å². The summed E-state index contributed by atoms with van der Waals surface area (Å²) in [5.41, 5.74) is 2.81. The zero-order valence-corrected chi connectivity index (χ0v) is 12.4. The standard InChI is InChI=1S/C16H12N2O2S/c1-9-3-6-13-12(7-9)17-16-18(13)15(19)14(21-16)8-11-5-4-10(2)20-11/h3-8H,1-2H3. The van der Waals surface area contributed by atoms with Crippen LogP contribution in [0.2, 0.25) is 0 Å². The van der Waals surface area contributed by atoms with Crippen molar-refractivity contribution in [2.75, 3.05) is 0 Å². The van der Waals surface area contributed by atoms with E-state index in [-0.39, 0.29) is 5.56 Å². The lowest BCUT2D eigenvalue weighted by atomic mass is 10.2. The van der Waals surface area contributed by atoms with Crippen molar-refractivity contribution >= 4 is 33.4 Å². The molecule has 0 bridgehead atoms. The Morgan fingerprint density at radius 1 is 1.24 bits per heavy atom. The number of benzene rings is 1. The molecule has 0 aliphatic carbocycles. The van der Waals surface area contributed by atoms with Gasteiger partial charge in [0.2, 0.25) is 0 Å². The number of aromatic nitrogens is 2. The van der Waals surface area contributed by atoms with Gasteiger partial charge < -0.3 is 4.42 Å². The smallest absolute Gasteiger partial charge is 0.275 e. The van der Waals surface area contributed by atoms with Crippen LogP contribution in [0.15, 0.2) is 39.5 Å². The molecule has 0 saturated carbocycles. The van der Waals surface area contributed by atoms with Gasteiger partial charge in [0.25, 0.3) is 5.56 Å². The second-order valence-electron chi connectivity index (χ2n) is 5.09. The van der Waals surface area contributed by atoms with Crippen molar-refractivity contribution in [2.45, 2.75) is 13.8 Å². The van der Waals surface area contributed by atoms with Crippen LogP contribution in [0, 0.1) is 13.8 Å². The van der Waals surface area contributed by atoms with E-state index in [1.807, 2.05) is 44.2 Å². The van der Waals surface area contributed by atoms with Crippen LogP contribution in [0.4, 0.5) is 0 Å². The minimum Gasteiger partial charge on any atom is -0.462 e. The third-order valence-corrected chi connectivity index (χ3v) is 4.40. The summed E-state index contributed by atoms with van der Waals surface area (Å²) in [6, 6.07) is 9.67. The molecule has 0 N–H and O–H groups in total. The van der Waals surface area contributed by atoms with Crippen molar-refractivity contribution in [3.63, 3.8) is 0 Å². The summed E-state index contributed by atoms with van der Waals surface area (Å²) in [5.74, 6) is 1.52. The van der Waals surface area contributed by atoms with E-state index in [9.17, 15) is 4.79 Å². The fourth-order valence-corrected chi connectivity index (χ4v) is 3.40. The van der Waals surface area contributed by atoms with Gasteiger partial charge in [0.05, 0.1) is 11.0 Å². The number of hydrogen-bond donors (Lipinski definition) is 0. The van der Waals surface area contributed by atoms with E-state index in [0.717, 1.165) is 27.3 Å². The number of imidazole rings is 1. The van der Waals surface area contributed by atoms with E-state index >= 15 is 0 Å². The highest BCUT2D eigenvalue weighted by Crippen LogP contribution is 2.17. The molecule has 104 valence electrons. The van der Waals surface area contributed by atoms with Gasteiger partial charge in [0.15, 0.2) is 4.96 Å². The molecule has 0 saturated heterocycles. The maximum atomic E-state index is 12.6. The first-order valence-corrected chi connectivity index (χ1v) is 7.43. The first kappa shape index (κ1) is 12.3. The number of rotatable bonds is 1. The van der Waals surface area contributed by atoms with Gasteiger partial charge in [-0.25, -0.2) is 9.38 Å². The van der Waals surface area contributed by atoms with Gasteiger partial charge in [-0.3, -0.25) is 4.79 Å². The molecular weight excluding hydrogens is 284 g/mol. The van der Waals surface area contributed by atoms with Crippen LogP contribution in [-0.4, -0.2) is 9.38 Å². The van der Waals surface area contributed by atoms with Crippen LogP contribution in [0.5, 0.6) is 0 Å². The van der Waals surface area contributed by atoms with Crippen molar-refractivity contribution in [1.29, 1.82) is 0 Å². The molecule has 4 rings (SSSR count). The molecule has 0 aliphatic heterocycles. The van der Waals surface area contributed by atoms with Gasteiger partial charge in [-0.05, 0) is 43.7 Å². The Kier molecular flexibility index (Phi) is 2.53. The van der Waals surface area contributed by atoms with Crippen LogP contribution in [-0.2, 0) is 0 Å². The minimum atomic E-state index is -0.0459. The monoisotopic (exact) mass is 296 g/mol. The molecule has 3 heterocycles. The number of furan rings is 1. The second-order valence-corrected chi connectivity index (χ2v) is 6.10.